The number of aromatic nitrogens is 3. The first-order chi connectivity index (χ1) is 20.5. The number of carbonyl (C=O) groups is 1. The van der Waals surface area contributed by atoms with Crippen LogP contribution in [0.5, 0.6) is 0 Å². The van der Waals surface area contributed by atoms with Gasteiger partial charge in [-0.15, -0.1) is 0 Å². The average molecular weight is 571 g/mol. The highest BCUT2D eigenvalue weighted by atomic mass is 16.4. The Bertz CT molecular complexity index is 1500. The van der Waals surface area contributed by atoms with Crippen molar-refractivity contribution in [1.82, 2.24) is 15.0 Å². The van der Waals surface area contributed by atoms with Crippen LogP contribution in [0.3, 0.4) is 0 Å². The summed E-state index contributed by atoms with van der Waals surface area (Å²) in [5.74, 6) is 0.862. The van der Waals surface area contributed by atoms with Gasteiger partial charge in [-0.1, -0.05) is 82.2 Å². The minimum absolute atomic E-state index is 0.106. The van der Waals surface area contributed by atoms with E-state index >= 15 is 0 Å². The highest BCUT2D eigenvalue weighted by Crippen LogP contribution is 2.25. The number of nitrogens with zero attached hydrogens (tertiary/aromatic N) is 4. The lowest BCUT2D eigenvalue weighted by molar-refractivity contribution is -0.116. The predicted molar refractivity (Wildman–Crippen MR) is 170 cm³/mol. The number of fused-ring (bicyclic) bond motifs is 1. The van der Waals surface area contributed by atoms with Crippen molar-refractivity contribution < 1.29 is 9.21 Å². The SMILES string of the molecule is CCCCCCCCCCC(=O)Nc1nc(Nc2ccc3cc(-c4ccccc4)c(=O)oc3c2)nc(N(CC)CC)n1. The third-order valence-electron chi connectivity index (χ3n) is 7.26. The first-order valence-corrected chi connectivity index (χ1v) is 15.2. The van der Waals surface area contributed by atoms with Gasteiger partial charge in [0.15, 0.2) is 0 Å². The molecule has 0 atom stereocenters. The summed E-state index contributed by atoms with van der Waals surface area (Å²) in [5.41, 5.74) is 2.00. The first kappa shape index (κ1) is 30.7. The normalized spacial score (nSPS) is 11.0. The van der Waals surface area contributed by atoms with Crippen LogP contribution in [-0.2, 0) is 4.79 Å². The molecule has 0 aliphatic carbocycles. The van der Waals surface area contributed by atoms with Gasteiger partial charge in [0.1, 0.15) is 5.58 Å². The molecule has 4 aromatic rings. The van der Waals surface area contributed by atoms with Crippen molar-refractivity contribution in [3.05, 3.63) is 65.0 Å². The van der Waals surface area contributed by atoms with Crippen molar-refractivity contribution in [2.75, 3.05) is 28.6 Å². The minimum atomic E-state index is -0.406. The molecule has 222 valence electrons. The molecule has 0 radical (unpaired) electrons. The molecular weight excluding hydrogens is 528 g/mol. The number of nitrogens with one attached hydrogen (secondary N) is 2. The summed E-state index contributed by atoms with van der Waals surface area (Å²) in [6.45, 7) is 7.68. The molecule has 0 unspecified atom stereocenters. The van der Waals surface area contributed by atoms with Crippen LogP contribution in [0.4, 0.5) is 23.5 Å². The molecule has 0 saturated heterocycles. The molecule has 9 nitrogen and oxygen atoms in total. The van der Waals surface area contributed by atoms with E-state index < -0.39 is 5.63 Å². The average Bonchev–Trinajstić information content (AvgIpc) is 2.99. The Balaban J connectivity index is 1.46. The molecular formula is C33H42N6O3. The maximum Gasteiger partial charge on any atom is 0.344 e. The Labute approximate surface area is 247 Å². The zero-order valence-electron chi connectivity index (χ0n) is 25.0. The summed E-state index contributed by atoms with van der Waals surface area (Å²) in [6.07, 6.45) is 9.81. The van der Waals surface area contributed by atoms with Crippen LogP contribution in [0.1, 0.15) is 78.6 Å². The fraction of sp³-hybridized carbons (Fsp3) is 0.424. The number of amides is 1. The van der Waals surface area contributed by atoms with Crippen molar-refractivity contribution in [1.29, 1.82) is 0 Å². The largest absolute Gasteiger partial charge is 0.422 e. The highest BCUT2D eigenvalue weighted by molar-refractivity contribution is 5.89. The van der Waals surface area contributed by atoms with Crippen molar-refractivity contribution in [3.63, 3.8) is 0 Å². The molecule has 0 aliphatic heterocycles. The predicted octanol–water partition coefficient (Wildman–Crippen LogP) is 7.70. The fourth-order valence-electron chi connectivity index (χ4n) is 4.87. The monoisotopic (exact) mass is 570 g/mol. The molecule has 1 amide bonds. The maximum absolute atomic E-state index is 12.7. The number of rotatable bonds is 16. The topological polar surface area (TPSA) is 113 Å². The van der Waals surface area contributed by atoms with Gasteiger partial charge in [-0.3, -0.25) is 10.1 Å². The molecule has 42 heavy (non-hydrogen) atoms. The standard InChI is InChI=1S/C33H42N6O3/c1-4-7-8-9-10-11-12-16-19-29(40)35-32-36-31(37-33(38-32)39(5-2)6-3)34-26-21-20-25-22-27(24-17-14-13-15-18-24)30(41)42-28(25)23-26/h13-15,17-18,20-23H,4-12,16,19H2,1-3H3,(H2,34,35,36,37,38,40). The Morgan fingerprint density at radius 2 is 1.50 bits per heavy atom. The molecule has 9 heteroatoms. The van der Waals surface area contributed by atoms with Crippen LogP contribution in [-0.4, -0.2) is 33.9 Å². The summed E-state index contributed by atoms with van der Waals surface area (Å²) in [4.78, 5) is 41.0. The van der Waals surface area contributed by atoms with E-state index in [1.54, 1.807) is 6.07 Å². The van der Waals surface area contributed by atoms with E-state index in [4.69, 9.17) is 4.42 Å². The van der Waals surface area contributed by atoms with Crippen LogP contribution in [0.15, 0.2) is 63.8 Å². The highest BCUT2D eigenvalue weighted by Gasteiger charge is 2.14. The Hall–Kier alpha value is -4.27. The van der Waals surface area contributed by atoms with E-state index in [2.05, 4.69) is 32.5 Å². The lowest BCUT2D eigenvalue weighted by Gasteiger charge is -2.19. The van der Waals surface area contributed by atoms with Crippen LogP contribution < -0.4 is 21.2 Å². The van der Waals surface area contributed by atoms with E-state index in [1.807, 2.05) is 67.3 Å². The summed E-state index contributed by atoms with van der Waals surface area (Å²) in [7, 11) is 0. The second kappa shape index (κ2) is 15.7. The number of hydrogen-bond donors (Lipinski definition) is 2. The van der Waals surface area contributed by atoms with E-state index in [0.717, 1.165) is 30.2 Å². The lowest BCUT2D eigenvalue weighted by atomic mass is 10.1. The van der Waals surface area contributed by atoms with E-state index in [1.165, 1.54) is 32.1 Å². The molecule has 0 spiro atoms. The maximum atomic E-state index is 12.7. The zero-order chi connectivity index (χ0) is 29.7. The van der Waals surface area contributed by atoms with Gasteiger partial charge in [0, 0.05) is 36.7 Å². The molecule has 4 rings (SSSR count). The van der Waals surface area contributed by atoms with Crippen molar-refractivity contribution in [3.8, 4) is 11.1 Å². The van der Waals surface area contributed by atoms with Gasteiger partial charge in [0.05, 0.1) is 5.56 Å². The van der Waals surface area contributed by atoms with Crippen LogP contribution >= 0.6 is 0 Å². The minimum Gasteiger partial charge on any atom is -0.422 e. The molecule has 2 aromatic carbocycles. The quantitative estimate of drug-likeness (QED) is 0.104. The van der Waals surface area contributed by atoms with Crippen LogP contribution in [0.2, 0.25) is 0 Å². The van der Waals surface area contributed by atoms with Gasteiger partial charge in [0.25, 0.3) is 0 Å². The summed E-state index contributed by atoms with van der Waals surface area (Å²) in [5, 5.41) is 6.86. The van der Waals surface area contributed by atoms with Gasteiger partial charge < -0.3 is 14.6 Å². The van der Waals surface area contributed by atoms with Crippen molar-refractivity contribution in [2.24, 2.45) is 0 Å². The molecule has 0 aliphatic rings. The third-order valence-corrected chi connectivity index (χ3v) is 7.26. The molecule has 2 aromatic heterocycles. The van der Waals surface area contributed by atoms with Gasteiger partial charge in [-0.25, -0.2) is 4.79 Å². The molecule has 2 heterocycles. The second-order valence-corrected chi connectivity index (χ2v) is 10.4. The van der Waals surface area contributed by atoms with Crippen LogP contribution in [0.25, 0.3) is 22.1 Å². The molecule has 0 saturated carbocycles. The first-order valence-electron chi connectivity index (χ1n) is 15.2. The third kappa shape index (κ3) is 8.61. The van der Waals surface area contributed by atoms with Gasteiger partial charge >= 0.3 is 5.63 Å². The van der Waals surface area contributed by atoms with E-state index in [9.17, 15) is 9.59 Å². The number of carbonyl (C=O) groups excluding carboxylic acids is 1. The Kier molecular flexibility index (Phi) is 11.4. The second-order valence-electron chi connectivity index (χ2n) is 10.4. The summed E-state index contributed by atoms with van der Waals surface area (Å²) < 4.78 is 5.66. The smallest absolute Gasteiger partial charge is 0.344 e. The van der Waals surface area contributed by atoms with Gasteiger partial charge in [-0.05, 0) is 44.0 Å². The number of unbranched alkanes of at least 4 members (excludes halogenated alkanes) is 7. The van der Waals surface area contributed by atoms with E-state index in [-0.39, 0.29) is 17.8 Å². The summed E-state index contributed by atoms with van der Waals surface area (Å²) >= 11 is 0. The van der Waals surface area contributed by atoms with Crippen molar-refractivity contribution in [2.45, 2.75) is 78.6 Å². The Morgan fingerprint density at radius 1 is 0.810 bits per heavy atom. The summed E-state index contributed by atoms with van der Waals surface area (Å²) in [6, 6.07) is 16.8. The number of benzene rings is 2. The molecule has 0 fully saturated rings. The lowest BCUT2D eigenvalue weighted by Crippen LogP contribution is -2.26. The van der Waals surface area contributed by atoms with E-state index in [0.29, 0.717) is 42.3 Å². The van der Waals surface area contributed by atoms with Gasteiger partial charge in [0.2, 0.25) is 23.8 Å². The molecule has 0 bridgehead atoms. The fourth-order valence-corrected chi connectivity index (χ4v) is 4.87. The number of hydrogen-bond acceptors (Lipinski definition) is 8. The van der Waals surface area contributed by atoms with Crippen molar-refractivity contribution >= 4 is 40.4 Å². The molecule has 2 N–H and O–H groups in total. The Morgan fingerprint density at radius 3 is 2.21 bits per heavy atom. The zero-order valence-corrected chi connectivity index (χ0v) is 25.0. The number of anilines is 4. The van der Waals surface area contributed by atoms with Gasteiger partial charge in [-0.2, -0.15) is 15.0 Å². The van der Waals surface area contributed by atoms with Crippen LogP contribution in [0, 0.1) is 0 Å².